The van der Waals surface area contributed by atoms with Crippen LogP contribution in [0.3, 0.4) is 0 Å². The van der Waals surface area contributed by atoms with Gasteiger partial charge >= 0.3 is 0 Å². The largest absolute Gasteiger partial charge is 0.0828 e. The van der Waals surface area contributed by atoms with Crippen LogP contribution in [0.5, 0.6) is 0 Å². The van der Waals surface area contributed by atoms with Crippen molar-refractivity contribution in [1.29, 1.82) is 0 Å². The van der Waals surface area contributed by atoms with E-state index < -0.39 is 0 Å². The predicted molar refractivity (Wildman–Crippen MR) is 57.8 cm³/mol. The van der Waals surface area contributed by atoms with Crippen molar-refractivity contribution in [1.82, 2.24) is 0 Å². The van der Waals surface area contributed by atoms with Crippen molar-refractivity contribution in [3.8, 4) is 0 Å². The molecular weight excluding hydrogens is 235 g/mol. The summed E-state index contributed by atoms with van der Waals surface area (Å²) in [6.07, 6.45) is 3.49. The fourth-order valence-corrected chi connectivity index (χ4v) is 1.74. The second kappa shape index (κ2) is 4.88. The van der Waals surface area contributed by atoms with Crippen LogP contribution >= 0.6 is 27.5 Å². The Kier molecular flexibility index (Phi) is 4.10. The third kappa shape index (κ3) is 2.49. The molecule has 0 atom stereocenters. The summed E-state index contributed by atoms with van der Waals surface area (Å²) in [6, 6.07) is 6.08. The monoisotopic (exact) mass is 246 g/mol. The number of aryl methyl sites for hydroxylation is 1. The van der Waals surface area contributed by atoms with Crippen LogP contribution in [-0.4, -0.2) is 0 Å². The van der Waals surface area contributed by atoms with Crippen LogP contribution in [0.15, 0.2) is 22.7 Å². The maximum Gasteiger partial charge on any atom is 0.0580 e. The Bertz CT molecular complexity index is 258. The van der Waals surface area contributed by atoms with E-state index in [1.807, 2.05) is 12.1 Å². The average Bonchev–Trinajstić information content (AvgIpc) is 2.08. The van der Waals surface area contributed by atoms with Gasteiger partial charge < -0.3 is 0 Å². The van der Waals surface area contributed by atoms with Gasteiger partial charge in [-0.2, -0.15) is 0 Å². The number of hydrogen-bond acceptors (Lipinski definition) is 0. The Morgan fingerprint density at radius 1 is 1.42 bits per heavy atom. The molecule has 0 spiro atoms. The molecule has 0 bridgehead atoms. The zero-order valence-corrected chi connectivity index (χ0v) is 9.45. The summed E-state index contributed by atoms with van der Waals surface area (Å²) in [4.78, 5) is 0. The maximum atomic E-state index is 6.08. The first-order valence-electron chi connectivity index (χ1n) is 4.18. The fourth-order valence-electron chi connectivity index (χ4n) is 1.11. The molecular formula is C10H12BrCl. The van der Waals surface area contributed by atoms with Gasteiger partial charge in [-0.25, -0.2) is 0 Å². The Labute approximate surface area is 87.1 Å². The highest BCUT2D eigenvalue weighted by atomic mass is 79.9. The van der Waals surface area contributed by atoms with Gasteiger partial charge in [0, 0.05) is 4.47 Å². The van der Waals surface area contributed by atoms with Crippen LogP contribution in [0.4, 0.5) is 0 Å². The van der Waals surface area contributed by atoms with Crippen molar-refractivity contribution in [2.45, 2.75) is 26.2 Å². The number of halogens is 2. The quantitative estimate of drug-likeness (QED) is 0.740. The molecule has 0 aliphatic carbocycles. The predicted octanol–water partition coefficient (Wildman–Crippen LogP) is 4.45. The van der Waals surface area contributed by atoms with E-state index in [0.29, 0.717) is 0 Å². The smallest absolute Gasteiger partial charge is 0.0580 e. The minimum absolute atomic E-state index is 0.867. The number of rotatable bonds is 3. The fraction of sp³-hybridized carbons (Fsp3) is 0.400. The molecule has 0 aliphatic rings. The van der Waals surface area contributed by atoms with E-state index in [4.69, 9.17) is 11.6 Å². The van der Waals surface area contributed by atoms with Crippen LogP contribution < -0.4 is 0 Å². The summed E-state index contributed by atoms with van der Waals surface area (Å²) < 4.78 is 0.998. The van der Waals surface area contributed by atoms with Crippen LogP contribution in [0.1, 0.15) is 25.3 Å². The lowest BCUT2D eigenvalue weighted by Crippen LogP contribution is -1.86. The van der Waals surface area contributed by atoms with Gasteiger partial charge in [0.2, 0.25) is 0 Å². The van der Waals surface area contributed by atoms with E-state index in [1.54, 1.807) is 0 Å². The highest BCUT2D eigenvalue weighted by Gasteiger charge is 2.01. The van der Waals surface area contributed by atoms with Crippen molar-refractivity contribution in [3.63, 3.8) is 0 Å². The normalized spacial score (nSPS) is 10.2. The molecule has 0 amide bonds. The van der Waals surface area contributed by atoms with Crippen LogP contribution in [0, 0.1) is 0 Å². The van der Waals surface area contributed by atoms with E-state index in [1.165, 1.54) is 18.4 Å². The Hall–Kier alpha value is -0.0100. The molecule has 0 saturated heterocycles. The second-order valence-corrected chi connectivity index (χ2v) is 4.05. The van der Waals surface area contributed by atoms with Gasteiger partial charge in [-0.1, -0.05) is 37.1 Å². The van der Waals surface area contributed by atoms with Gasteiger partial charge in [0.05, 0.1) is 5.02 Å². The van der Waals surface area contributed by atoms with E-state index in [-0.39, 0.29) is 0 Å². The lowest BCUT2D eigenvalue weighted by molar-refractivity contribution is 0.795. The molecule has 12 heavy (non-hydrogen) atoms. The molecule has 1 aromatic rings. The summed E-state index contributed by atoms with van der Waals surface area (Å²) in [6.45, 7) is 2.19. The highest BCUT2D eigenvalue weighted by molar-refractivity contribution is 9.10. The topological polar surface area (TPSA) is 0 Å². The third-order valence-corrected chi connectivity index (χ3v) is 3.17. The summed E-state index contributed by atoms with van der Waals surface area (Å²) in [5.41, 5.74) is 1.24. The van der Waals surface area contributed by atoms with E-state index >= 15 is 0 Å². The van der Waals surface area contributed by atoms with Crippen molar-refractivity contribution in [2.24, 2.45) is 0 Å². The molecule has 0 fully saturated rings. The molecule has 0 heterocycles. The minimum atomic E-state index is 0.867. The Balaban J connectivity index is 2.78. The first kappa shape index (κ1) is 10.1. The van der Waals surface area contributed by atoms with Gasteiger partial charge in [0.15, 0.2) is 0 Å². The molecule has 0 N–H and O–H groups in total. The van der Waals surface area contributed by atoms with Crippen molar-refractivity contribution < 1.29 is 0 Å². The zero-order valence-electron chi connectivity index (χ0n) is 7.11. The molecule has 66 valence electrons. The first-order valence-corrected chi connectivity index (χ1v) is 5.35. The third-order valence-electron chi connectivity index (χ3n) is 1.83. The summed E-state index contributed by atoms with van der Waals surface area (Å²) in [5.74, 6) is 0. The van der Waals surface area contributed by atoms with Crippen molar-refractivity contribution >= 4 is 27.5 Å². The van der Waals surface area contributed by atoms with E-state index in [0.717, 1.165) is 15.9 Å². The lowest BCUT2D eigenvalue weighted by atomic mass is 10.1. The Morgan fingerprint density at radius 2 is 2.17 bits per heavy atom. The van der Waals surface area contributed by atoms with Gasteiger partial charge in [0.25, 0.3) is 0 Å². The minimum Gasteiger partial charge on any atom is -0.0828 e. The number of benzene rings is 1. The second-order valence-electron chi connectivity index (χ2n) is 2.82. The van der Waals surface area contributed by atoms with Gasteiger partial charge in [-0.3, -0.25) is 0 Å². The summed E-state index contributed by atoms with van der Waals surface area (Å²) in [7, 11) is 0. The molecule has 0 aromatic heterocycles. The molecule has 2 heteroatoms. The molecule has 1 rings (SSSR count). The van der Waals surface area contributed by atoms with Crippen LogP contribution in [0.2, 0.25) is 5.02 Å². The molecule has 0 saturated carbocycles. The van der Waals surface area contributed by atoms with E-state index in [9.17, 15) is 0 Å². The van der Waals surface area contributed by atoms with Crippen molar-refractivity contribution in [3.05, 3.63) is 33.3 Å². The SMILES string of the molecule is CCCCc1cccc(Br)c1Cl. The molecule has 0 nitrogen and oxygen atoms in total. The highest BCUT2D eigenvalue weighted by Crippen LogP contribution is 2.26. The van der Waals surface area contributed by atoms with E-state index in [2.05, 4.69) is 28.9 Å². The van der Waals surface area contributed by atoms with Crippen LogP contribution in [0.25, 0.3) is 0 Å². The summed E-state index contributed by atoms with van der Waals surface area (Å²) >= 11 is 9.49. The van der Waals surface area contributed by atoms with Gasteiger partial charge in [0.1, 0.15) is 0 Å². The summed E-state index contributed by atoms with van der Waals surface area (Å²) in [5, 5.41) is 0.867. The Morgan fingerprint density at radius 3 is 2.83 bits per heavy atom. The molecule has 0 aliphatic heterocycles. The molecule has 0 unspecified atom stereocenters. The van der Waals surface area contributed by atoms with Crippen LogP contribution in [-0.2, 0) is 6.42 Å². The van der Waals surface area contributed by atoms with Gasteiger partial charge in [-0.05, 0) is 40.4 Å². The number of hydrogen-bond donors (Lipinski definition) is 0. The maximum absolute atomic E-state index is 6.08. The molecule has 0 radical (unpaired) electrons. The van der Waals surface area contributed by atoms with Gasteiger partial charge in [-0.15, -0.1) is 0 Å². The molecule has 1 aromatic carbocycles. The zero-order chi connectivity index (χ0) is 8.97. The average molecular weight is 248 g/mol. The first-order chi connectivity index (χ1) is 5.75. The number of unbranched alkanes of at least 4 members (excludes halogenated alkanes) is 1. The van der Waals surface area contributed by atoms with Crippen molar-refractivity contribution in [2.75, 3.05) is 0 Å². The lowest BCUT2D eigenvalue weighted by Gasteiger charge is -2.03. The standard InChI is InChI=1S/C10H12BrCl/c1-2-3-5-8-6-4-7-9(11)10(8)12/h4,6-7H,2-3,5H2,1H3.